The van der Waals surface area contributed by atoms with E-state index in [9.17, 15) is 0 Å². The van der Waals surface area contributed by atoms with Gasteiger partial charge in [-0.3, -0.25) is 0 Å². The van der Waals surface area contributed by atoms with Gasteiger partial charge in [-0.05, 0) is 47.1 Å². The molecule has 0 aromatic heterocycles. The lowest BCUT2D eigenvalue weighted by Crippen LogP contribution is -1.98. The maximum Gasteiger partial charge on any atom is -0.00773 e. The highest BCUT2D eigenvalue weighted by atomic mass is 14.5. The van der Waals surface area contributed by atoms with Crippen LogP contribution in [0.3, 0.4) is 0 Å². The van der Waals surface area contributed by atoms with Gasteiger partial charge < -0.3 is 28.7 Å². The normalized spacial score (nSPS) is 7.76. The lowest BCUT2D eigenvalue weighted by molar-refractivity contribution is 0.585. The summed E-state index contributed by atoms with van der Waals surface area (Å²) in [5, 5.41) is 0. The number of rotatable bonds is 8. The maximum atomic E-state index is 5.37. The fraction of sp³-hybridized carbons (Fsp3) is 1.00. The SMILES string of the molecule is CN.CN.CN.NCCCCCCCCCN. The highest BCUT2D eigenvalue weighted by Gasteiger charge is 1.89. The van der Waals surface area contributed by atoms with E-state index in [1.165, 1.54) is 66.1 Å². The quantitative estimate of drug-likeness (QED) is 0.398. The van der Waals surface area contributed by atoms with Crippen LogP contribution in [0.4, 0.5) is 0 Å². The van der Waals surface area contributed by atoms with E-state index in [-0.39, 0.29) is 0 Å². The second kappa shape index (κ2) is 44.7. The molecule has 0 aliphatic rings. The van der Waals surface area contributed by atoms with Gasteiger partial charge in [0.25, 0.3) is 0 Å². The fourth-order valence-electron chi connectivity index (χ4n) is 1.17. The summed E-state index contributed by atoms with van der Waals surface area (Å²) in [5.74, 6) is 0. The van der Waals surface area contributed by atoms with Gasteiger partial charge in [0.1, 0.15) is 0 Å². The molecule has 0 bridgehead atoms. The first-order chi connectivity index (χ1) is 8.41. The van der Waals surface area contributed by atoms with Crippen molar-refractivity contribution in [3.8, 4) is 0 Å². The Morgan fingerprint density at radius 3 is 0.765 bits per heavy atom. The molecule has 0 aromatic carbocycles. The molecule has 0 aromatic rings. The zero-order valence-corrected chi connectivity index (χ0v) is 12.3. The smallest absolute Gasteiger partial charge is 0.00773 e. The van der Waals surface area contributed by atoms with Gasteiger partial charge in [0.15, 0.2) is 0 Å². The number of hydrogen-bond donors (Lipinski definition) is 5. The Morgan fingerprint density at radius 1 is 0.412 bits per heavy atom. The minimum atomic E-state index is 0.850. The van der Waals surface area contributed by atoms with Gasteiger partial charge in [-0.2, -0.15) is 0 Å². The van der Waals surface area contributed by atoms with Crippen molar-refractivity contribution in [3.05, 3.63) is 0 Å². The molecular weight excluding hydrogens is 214 g/mol. The lowest BCUT2D eigenvalue weighted by atomic mass is 10.1. The van der Waals surface area contributed by atoms with E-state index in [0.29, 0.717) is 0 Å². The minimum Gasteiger partial charge on any atom is -0.333 e. The van der Waals surface area contributed by atoms with Crippen molar-refractivity contribution in [2.45, 2.75) is 44.9 Å². The molecule has 0 rings (SSSR count). The summed E-state index contributed by atoms with van der Waals surface area (Å²) in [7, 11) is 4.50. The van der Waals surface area contributed by atoms with Crippen LogP contribution in [0.2, 0.25) is 0 Å². The van der Waals surface area contributed by atoms with Crippen molar-refractivity contribution in [3.63, 3.8) is 0 Å². The van der Waals surface area contributed by atoms with Gasteiger partial charge in [-0.15, -0.1) is 0 Å². The predicted octanol–water partition coefficient (Wildman–Crippen LogP) is 0.359. The third-order valence-electron chi connectivity index (χ3n) is 1.91. The second-order valence-electron chi connectivity index (χ2n) is 3.05. The van der Waals surface area contributed by atoms with Crippen molar-refractivity contribution in [1.29, 1.82) is 0 Å². The average Bonchev–Trinajstić information content (AvgIpc) is 2.45. The van der Waals surface area contributed by atoms with E-state index in [1.807, 2.05) is 0 Å². The Hall–Kier alpha value is -0.200. The molecule has 0 fully saturated rings. The molecule has 5 nitrogen and oxygen atoms in total. The van der Waals surface area contributed by atoms with Crippen LogP contribution in [0, 0.1) is 0 Å². The van der Waals surface area contributed by atoms with Gasteiger partial charge >= 0.3 is 0 Å². The van der Waals surface area contributed by atoms with Crippen molar-refractivity contribution in [1.82, 2.24) is 0 Å². The molecule has 0 saturated carbocycles. The van der Waals surface area contributed by atoms with E-state index >= 15 is 0 Å². The van der Waals surface area contributed by atoms with E-state index in [1.54, 1.807) is 0 Å². The van der Waals surface area contributed by atoms with Crippen LogP contribution in [0.25, 0.3) is 0 Å². The van der Waals surface area contributed by atoms with Gasteiger partial charge in [-0.1, -0.05) is 32.1 Å². The zero-order valence-electron chi connectivity index (χ0n) is 12.3. The summed E-state index contributed by atoms with van der Waals surface area (Å²) in [6.07, 6.45) is 9.05. The number of nitrogens with two attached hydrogens (primary N) is 5. The van der Waals surface area contributed by atoms with Crippen molar-refractivity contribution in [2.75, 3.05) is 34.2 Å². The number of hydrogen-bond acceptors (Lipinski definition) is 5. The van der Waals surface area contributed by atoms with Crippen molar-refractivity contribution < 1.29 is 0 Å². The second-order valence-corrected chi connectivity index (χ2v) is 3.05. The Bertz CT molecular complexity index is 63.9. The summed E-state index contributed by atoms with van der Waals surface area (Å²) in [4.78, 5) is 0. The standard InChI is InChI=1S/C9H22N2.3CH5N/c10-8-6-4-2-1-3-5-7-9-11;3*1-2/h1-11H2;3*2H2,1H3. The molecule has 0 spiro atoms. The Labute approximate surface area is 108 Å². The molecule has 0 atom stereocenters. The summed E-state index contributed by atoms with van der Waals surface area (Å²) in [6, 6.07) is 0. The molecule has 5 heteroatoms. The maximum absolute atomic E-state index is 5.37. The van der Waals surface area contributed by atoms with Crippen LogP contribution in [0.15, 0.2) is 0 Å². The topological polar surface area (TPSA) is 130 Å². The molecule has 0 aliphatic carbocycles. The molecule has 10 N–H and O–H groups in total. The summed E-state index contributed by atoms with van der Waals surface area (Å²) in [6.45, 7) is 1.70. The fourth-order valence-corrected chi connectivity index (χ4v) is 1.17. The van der Waals surface area contributed by atoms with Crippen LogP contribution in [0.1, 0.15) is 44.9 Å². The molecule has 0 amide bonds. The first-order valence-corrected chi connectivity index (χ1v) is 6.55. The first-order valence-electron chi connectivity index (χ1n) is 6.55. The summed E-state index contributed by atoms with van der Waals surface area (Å²) in [5.41, 5.74) is 24.2. The molecular formula is C12H37N5. The molecule has 17 heavy (non-hydrogen) atoms. The predicted molar refractivity (Wildman–Crippen MR) is 80.8 cm³/mol. The Balaban J connectivity index is -0.000000121. The average molecular weight is 251 g/mol. The zero-order chi connectivity index (χ0) is 14.4. The molecule has 0 aliphatic heterocycles. The third-order valence-corrected chi connectivity index (χ3v) is 1.91. The molecule has 0 radical (unpaired) electrons. The highest BCUT2D eigenvalue weighted by molar-refractivity contribution is 4.46. The van der Waals surface area contributed by atoms with E-state index < -0.39 is 0 Å². The van der Waals surface area contributed by atoms with Gasteiger partial charge in [0.2, 0.25) is 0 Å². The first kappa shape index (κ1) is 25.6. The van der Waals surface area contributed by atoms with E-state index in [0.717, 1.165) is 13.1 Å². The van der Waals surface area contributed by atoms with Crippen molar-refractivity contribution >= 4 is 0 Å². The van der Waals surface area contributed by atoms with Gasteiger partial charge in [0.05, 0.1) is 0 Å². The summed E-state index contributed by atoms with van der Waals surface area (Å²) >= 11 is 0. The van der Waals surface area contributed by atoms with Crippen LogP contribution < -0.4 is 28.7 Å². The van der Waals surface area contributed by atoms with Crippen LogP contribution in [-0.4, -0.2) is 34.2 Å². The minimum absolute atomic E-state index is 0.850. The van der Waals surface area contributed by atoms with Crippen LogP contribution >= 0.6 is 0 Å². The monoisotopic (exact) mass is 251 g/mol. The van der Waals surface area contributed by atoms with Crippen LogP contribution in [0.5, 0.6) is 0 Å². The Kier molecular flexibility index (Phi) is 67.3. The summed E-state index contributed by atoms with van der Waals surface area (Å²) < 4.78 is 0. The van der Waals surface area contributed by atoms with Crippen molar-refractivity contribution in [2.24, 2.45) is 28.7 Å². The van der Waals surface area contributed by atoms with Crippen LogP contribution in [-0.2, 0) is 0 Å². The Morgan fingerprint density at radius 2 is 0.588 bits per heavy atom. The highest BCUT2D eigenvalue weighted by Crippen LogP contribution is 2.05. The lowest BCUT2D eigenvalue weighted by Gasteiger charge is -1.99. The van der Waals surface area contributed by atoms with E-state index in [2.05, 4.69) is 17.2 Å². The number of unbranched alkanes of at least 4 members (excludes halogenated alkanes) is 6. The third kappa shape index (κ3) is 49.5. The molecule has 0 saturated heterocycles. The van der Waals surface area contributed by atoms with Gasteiger partial charge in [0, 0.05) is 0 Å². The largest absolute Gasteiger partial charge is 0.333 e. The van der Waals surface area contributed by atoms with E-state index in [4.69, 9.17) is 11.5 Å². The molecule has 0 heterocycles. The molecule has 110 valence electrons. The van der Waals surface area contributed by atoms with Gasteiger partial charge in [-0.25, -0.2) is 0 Å². The molecule has 0 unspecified atom stereocenters.